The van der Waals surface area contributed by atoms with Crippen molar-refractivity contribution in [3.63, 3.8) is 0 Å². The monoisotopic (exact) mass is 237 g/mol. The van der Waals surface area contributed by atoms with Crippen LogP contribution in [0.25, 0.3) is 0 Å². The Morgan fingerprint density at radius 1 is 1.35 bits per heavy atom. The fourth-order valence-corrected chi connectivity index (χ4v) is 1.28. The van der Waals surface area contributed by atoms with Crippen molar-refractivity contribution in [2.45, 2.75) is 6.92 Å². The minimum absolute atomic E-state index is 0.0215. The highest BCUT2D eigenvalue weighted by molar-refractivity contribution is 6.69. The highest BCUT2D eigenvalue weighted by Gasteiger charge is 2.17. The Morgan fingerprint density at radius 3 is 2.53 bits per heavy atom. The number of halogens is 2. The van der Waals surface area contributed by atoms with Gasteiger partial charge in [0.15, 0.2) is 17.5 Å². The summed E-state index contributed by atoms with van der Waals surface area (Å²) in [5, 5.41) is 14.9. The molecule has 1 aliphatic rings. The highest BCUT2D eigenvalue weighted by atomic mass is 19.1. The lowest BCUT2D eigenvalue weighted by Gasteiger charge is -2.04. The van der Waals surface area contributed by atoms with Crippen LogP contribution in [0.15, 0.2) is 28.4 Å². The van der Waals surface area contributed by atoms with Crippen LogP contribution in [0, 0.1) is 17.0 Å². The molecular weight excluding hydrogens is 228 g/mol. The Morgan fingerprint density at radius 2 is 2.00 bits per heavy atom. The maximum absolute atomic E-state index is 13.2. The van der Waals surface area contributed by atoms with Crippen molar-refractivity contribution in [2.75, 3.05) is 5.43 Å². The molecule has 88 valence electrons. The summed E-state index contributed by atoms with van der Waals surface area (Å²) in [6.07, 6.45) is 0. The van der Waals surface area contributed by atoms with E-state index in [0.29, 0.717) is 5.71 Å². The number of rotatable bonds is 2. The Labute approximate surface area is 95.7 Å². The predicted molar refractivity (Wildman–Crippen MR) is 61.4 cm³/mol. The Hall–Kier alpha value is -2.31. The summed E-state index contributed by atoms with van der Waals surface area (Å²) in [6.45, 7) is 1.63. The van der Waals surface area contributed by atoms with Crippen LogP contribution in [0.1, 0.15) is 6.92 Å². The molecule has 17 heavy (non-hydrogen) atoms. The van der Waals surface area contributed by atoms with E-state index in [1.54, 1.807) is 6.92 Å². The van der Waals surface area contributed by atoms with Gasteiger partial charge in [0.1, 0.15) is 11.4 Å². The van der Waals surface area contributed by atoms with Crippen molar-refractivity contribution in [1.29, 1.82) is 5.41 Å². The third kappa shape index (κ3) is 2.12. The van der Waals surface area contributed by atoms with Crippen molar-refractivity contribution in [3.05, 3.63) is 29.8 Å². The summed E-state index contributed by atoms with van der Waals surface area (Å²) < 4.78 is 26.5. The molecule has 1 aromatic carbocycles. The topological polar surface area (TPSA) is 72.6 Å². The number of hydrogen-bond acceptors (Lipinski definition) is 4. The number of nitrogens with zero attached hydrogens (tertiary/aromatic N) is 2. The molecule has 7 heteroatoms. The molecule has 0 saturated heterocycles. The Balaban J connectivity index is 2.26. The van der Waals surface area contributed by atoms with Crippen molar-refractivity contribution in [1.82, 2.24) is 5.43 Å². The fraction of sp³-hybridized carbons (Fsp3) is 0.100. The molecular formula is C10H9F2N5. The zero-order valence-electron chi connectivity index (χ0n) is 8.88. The molecule has 0 spiro atoms. The van der Waals surface area contributed by atoms with Gasteiger partial charge >= 0.3 is 0 Å². The van der Waals surface area contributed by atoms with Crippen LogP contribution in [0.3, 0.4) is 0 Å². The third-order valence-electron chi connectivity index (χ3n) is 2.16. The number of amidine groups is 1. The van der Waals surface area contributed by atoms with Crippen molar-refractivity contribution >= 4 is 22.9 Å². The van der Waals surface area contributed by atoms with Crippen molar-refractivity contribution < 1.29 is 8.78 Å². The zero-order chi connectivity index (χ0) is 12.4. The molecule has 0 bridgehead atoms. The van der Waals surface area contributed by atoms with Crippen LogP contribution in [-0.4, -0.2) is 17.3 Å². The van der Waals surface area contributed by atoms with E-state index in [-0.39, 0.29) is 17.2 Å². The smallest absolute Gasteiger partial charge is 0.168 e. The third-order valence-corrected chi connectivity index (χ3v) is 2.16. The van der Waals surface area contributed by atoms with Crippen LogP contribution in [-0.2, 0) is 0 Å². The van der Waals surface area contributed by atoms with Gasteiger partial charge in [-0.15, -0.1) is 0 Å². The number of anilines is 1. The van der Waals surface area contributed by atoms with Gasteiger partial charge in [0, 0.05) is 0 Å². The second kappa shape index (κ2) is 4.28. The number of hydrogen-bond donors (Lipinski definition) is 3. The lowest BCUT2D eigenvalue weighted by molar-refractivity contribution is 0.589. The summed E-state index contributed by atoms with van der Waals surface area (Å²) in [5.41, 5.74) is 4.99. The van der Waals surface area contributed by atoms with Gasteiger partial charge in [0.05, 0.1) is 5.71 Å². The summed E-state index contributed by atoms with van der Waals surface area (Å²) in [6, 6.07) is 3.49. The summed E-state index contributed by atoms with van der Waals surface area (Å²) in [5.74, 6) is -1.52. The minimum Gasteiger partial charge on any atom is -0.281 e. The zero-order valence-corrected chi connectivity index (χ0v) is 8.88. The molecule has 2 rings (SSSR count). The molecule has 0 aliphatic carbocycles. The largest absolute Gasteiger partial charge is 0.281 e. The van der Waals surface area contributed by atoms with Gasteiger partial charge in [-0.2, -0.15) is 10.2 Å². The van der Waals surface area contributed by atoms with Gasteiger partial charge in [-0.3, -0.25) is 16.3 Å². The summed E-state index contributed by atoms with van der Waals surface area (Å²) >= 11 is 0. The average molecular weight is 237 g/mol. The quantitative estimate of drug-likeness (QED) is 0.685. The van der Waals surface area contributed by atoms with E-state index in [1.807, 2.05) is 0 Å². The molecule has 0 atom stereocenters. The Kier molecular flexibility index (Phi) is 2.82. The lowest BCUT2D eigenvalue weighted by atomic mass is 10.2. The SMILES string of the molecule is CC1=NNC(=N)/C1=N\Nc1c(F)cccc1F. The van der Waals surface area contributed by atoms with E-state index in [9.17, 15) is 8.78 Å². The van der Waals surface area contributed by atoms with Crippen LogP contribution in [0.2, 0.25) is 0 Å². The first-order valence-electron chi connectivity index (χ1n) is 4.77. The normalized spacial score (nSPS) is 17.0. The Bertz CT molecular complexity index is 515. The van der Waals surface area contributed by atoms with Gasteiger partial charge in [0.25, 0.3) is 0 Å². The molecule has 1 heterocycles. The standard InChI is InChI=1S/C10H9F2N5/c1-5-8(10(13)17-14-5)15-16-9-6(11)3-2-4-7(9)12/h2-4,16H,1H3,(H2,13,15,17). The van der Waals surface area contributed by atoms with E-state index in [1.165, 1.54) is 6.07 Å². The second-order valence-corrected chi connectivity index (χ2v) is 3.35. The van der Waals surface area contributed by atoms with E-state index < -0.39 is 11.6 Å². The first-order chi connectivity index (χ1) is 8.09. The van der Waals surface area contributed by atoms with Gasteiger partial charge in [-0.05, 0) is 19.1 Å². The average Bonchev–Trinajstić information content (AvgIpc) is 2.59. The molecule has 0 fully saturated rings. The van der Waals surface area contributed by atoms with E-state index in [4.69, 9.17) is 5.41 Å². The molecule has 5 nitrogen and oxygen atoms in total. The molecule has 0 radical (unpaired) electrons. The van der Waals surface area contributed by atoms with Gasteiger partial charge in [-0.1, -0.05) is 6.07 Å². The van der Waals surface area contributed by atoms with E-state index in [0.717, 1.165) is 12.1 Å². The molecule has 0 unspecified atom stereocenters. The molecule has 0 amide bonds. The van der Waals surface area contributed by atoms with Crippen LogP contribution in [0.5, 0.6) is 0 Å². The molecule has 0 aromatic heterocycles. The van der Waals surface area contributed by atoms with E-state index in [2.05, 4.69) is 21.1 Å². The van der Waals surface area contributed by atoms with Crippen molar-refractivity contribution in [2.24, 2.45) is 10.2 Å². The highest BCUT2D eigenvalue weighted by Crippen LogP contribution is 2.17. The lowest BCUT2D eigenvalue weighted by Crippen LogP contribution is -2.22. The van der Waals surface area contributed by atoms with Gasteiger partial charge in [-0.25, -0.2) is 8.78 Å². The predicted octanol–water partition coefficient (Wildman–Crippen LogP) is 1.69. The van der Waals surface area contributed by atoms with E-state index >= 15 is 0 Å². The minimum atomic E-state index is -0.749. The summed E-state index contributed by atoms with van der Waals surface area (Å²) in [7, 11) is 0. The molecule has 1 aliphatic heterocycles. The van der Waals surface area contributed by atoms with Crippen LogP contribution in [0.4, 0.5) is 14.5 Å². The van der Waals surface area contributed by atoms with Crippen LogP contribution >= 0.6 is 0 Å². The number of benzene rings is 1. The summed E-state index contributed by atoms with van der Waals surface area (Å²) in [4.78, 5) is 0. The number of para-hydroxylation sites is 1. The van der Waals surface area contributed by atoms with Crippen LogP contribution < -0.4 is 10.9 Å². The number of nitrogens with one attached hydrogen (secondary N) is 3. The van der Waals surface area contributed by atoms with Gasteiger partial charge < -0.3 is 0 Å². The maximum Gasteiger partial charge on any atom is 0.168 e. The fourth-order valence-electron chi connectivity index (χ4n) is 1.28. The second-order valence-electron chi connectivity index (χ2n) is 3.35. The molecule has 3 N–H and O–H groups in total. The first kappa shape index (κ1) is 11.2. The maximum atomic E-state index is 13.2. The molecule has 1 aromatic rings. The number of hydrazone groups is 2. The molecule has 0 saturated carbocycles. The first-order valence-corrected chi connectivity index (χ1v) is 4.77. The van der Waals surface area contributed by atoms with Gasteiger partial charge in [0.2, 0.25) is 0 Å². The van der Waals surface area contributed by atoms with Crippen molar-refractivity contribution in [3.8, 4) is 0 Å².